The first-order chi connectivity index (χ1) is 8.56. The lowest BCUT2D eigenvalue weighted by Gasteiger charge is -2.35. The van der Waals surface area contributed by atoms with Crippen LogP contribution in [0.1, 0.15) is 13.3 Å². The molecule has 0 aliphatic carbocycles. The Morgan fingerprint density at radius 1 is 1.11 bits per heavy atom. The maximum absolute atomic E-state index is 12.0. The van der Waals surface area contributed by atoms with Crippen molar-refractivity contribution in [1.82, 2.24) is 14.7 Å². The topological polar surface area (TPSA) is 64.1 Å². The Morgan fingerprint density at radius 3 is 2.22 bits per heavy atom. The van der Waals surface area contributed by atoms with E-state index >= 15 is 0 Å². The van der Waals surface area contributed by atoms with E-state index in [-0.39, 0.29) is 17.9 Å². The zero-order valence-corrected chi connectivity index (χ0v) is 10.8. The number of carbonyl (C=O) groups is 2. The molecule has 0 unspecified atom stereocenters. The number of hydrogen-bond donors (Lipinski definition) is 1. The predicted molar refractivity (Wildman–Crippen MR) is 65.9 cm³/mol. The molecule has 0 aromatic carbocycles. The van der Waals surface area contributed by atoms with Crippen molar-refractivity contribution in [1.29, 1.82) is 0 Å². The SMILES string of the molecule is CC(=O)N1CCN(C(=O)CN2CC[C@@H](O)C2)CC1. The Balaban J connectivity index is 1.75. The molecule has 1 N–H and O–H groups in total. The van der Waals surface area contributed by atoms with E-state index in [1.807, 2.05) is 9.80 Å². The first kappa shape index (κ1) is 13.3. The van der Waals surface area contributed by atoms with Crippen LogP contribution in [0.4, 0.5) is 0 Å². The summed E-state index contributed by atoms with van der Waals surface area (Å²) >= 11 is 0. The molecule has 0 saturated carbocycles. The van der Waals surface area contributed by atoms with Crippen LogP contribution in [0.15, 0.2) is 0 Å². The number of carbonyl (C=O) groups excluding carboxylic acids is 2. The monoisotopic (exact) mass is 255 g/mol. The molecular weight excluding hydrogens is 234 g/mol. The van der Waals surface area contributed by atoms with Gasteiger partial charge in [0.25, 0.3) is 0 Å². The number of likely N-dealkylation sites (tertiary alicyclic amines) is 1. The zero-order valence-electron chi connectivity index (χ0n) is 10.8. The molecule has 2 rings (SSSR count). The van der Waals surface area contributed by atoms with Crippen LogP contribution in [-0.2, 0) is 9.59 Å². The van der Waals surface area contributed by atoms with Gasteiger partial charge < -0.3 is 14.9 Å². The third-order valence-electron chi connectivity index (χ3n) is 3.68. The van der Waals surface area contributed by atoms with Crippen molar-refractivity contribution >= 4 is 11.8 Å². The van der Waals surface area contributed by atoms with E-state index in [0.717, 1.165) is 13.0 Å². The van der Waals surface area contributed by atoms with Crippen molar-refractivity contribution in [2.24, 2.45) is 0 Å². The van der Waals surface area contributed by atoms with E-state index in [1.54, 1.807) is 11.8 Å². The van der Waals surface area contributed by atoms with Gasteiger partial charge in [-0.05, 0) is 6.42 Å². The Hall–Kier alpha value is -1.14. The van der Waals surface area contributed by atoms with Crippen LogP contribution in [-0.4, -0.2) is 83.5 Å². The van der Waals surface area contributed by atoms with Gasteiger partial charge in [-0.15, -0.1) is 0 Å². The number of rotatable bonds is 2. The van der Waals surface area contributed by atoms with Crippen molar-refractivity contribution in [3.05, 3.63) is 0 Å². The Labute approximate surface area is 107 Å². The van der Waals surface area contributed by atoms with E-state index in [1.165, 1.54) is 0 Å². The van der Waals surface area contributed by atoms with Crippen molar-refractivity contribution in [2.45, 2.75) is 19.4 Å². The fourth-order valence-electron chi connectivity index (χ4n) is 2.52. The predicted octanol–water partition coefficient (Wildman–Crippen LogP) is -1.26. The average Bonchev–Trinajstić information content (AvgIpc) is 2.75. The molecule has 2 aliphatic heterocycles. The number of aliphatic hydroxyl groups excluding tert-OH is 1. The summed E-state index contributed by atoms with van der Waals surface area (Å²) in [4.78, 5) is 28.8. The van der Waals surface area contributed by atoms with Gasteiger partial charge >= 0.3 is 0 Å². The van der Waals surface area contributed by atoms with E-state index in [4.69, 9.17) is 0 Å². The number of amides is 2. The van der Waals surface area contributed by atoms with Gasteiger partial charge in [0.15, 0.2) is 0 Å². The maximum atomic E-state index is 12.0. The summed E-state index contributed by atoms with van der Waals surface area (Å²) in [5, 5.41) is 9.41. The molecule has 2 aliphatic rings. The highest BCUT2D eigenvalue weighted by Crippen LogP contribution is 2.09. The normalized spacial score (nSPS) is 25.6. The zero-order chi connectivity index (χ0) is 13.1. The molecule has 102 valence electrons. The first-order valence-electron chi connectivity index (χ1n) is 6.50. The molecule has 2 fully saturated rings. The number of nitrogens with zero attached hydrogens (tertiary/aromatic N) is 3. The molecule has 0 bridgehead atoms. The minimum Gasteiger partial charge on any atom is -0.392 e. The molecule has 6 heteroatoms. The Morgan fingerprint density at radius 2 is 1.72 bits per heavy atom. The summed E-state index contributed by atoms with van der Waals surface area (Å²) in [6.07, 6.45) is 0.470. The van der Waals surface area contributed by atoms with Crippen LogP contribution in [0.25, 0.3) is 0 Å². The van der Waals surface area contributed by atoms with Gasteiger partial charge in [0.2, 0.25) is 11.8 Å². The lowest BCUT2D eigenvalue weighted by molar-refractivity contribution is -0.139. The van der Waals surface area contributed by atoms with Crippen LogP contribution in [0.3, 0.4) is 0 Å². The second-order valence-electron chi connectivity index (χ2n) is 5.06. The fourth-order valence-corrected chi connectivity index (χ4v) is 2.52. The van der Waals surface area contributed by atoms with Gasteiger partial charge in [-0.25, -0.2) is 0 Å². The van der Waals surface area contributed by atoms with Crippen LogP contribution in [0, 0.1) is 0 Å². The van der Waals surface area contributed by atoms with Gasteiger partial charge in [0.05, 0.1) is 12.6 Å². The smallest absolute Gasteiger partial charge is 0.236 e. The molecule has 2 amide bonds. The number of aliphatic hydroxyl groups is 1. The summed E-state index contributed by atoms with van der Waals surface area (Å²) in [5.41, 5.74) is 0. The summed E-state index contributed by atoms with van der Waals surface area (Å²) in [7, 11) is 0. The quantitative estimate of drug-likeness (QED) is 0.669. The highest BCUT2D eigenvalue weighted by molar-refractivity contribution is 5.79. The lowest BCUT2D eigenvalue weighted by Crippen LogP contribution is -2.52. The largest absolute Gasteiger partial charge is 0.392 e. The second kappa shape index (κ2) is 5.67. The van der Waals surface area contributed by atoms with Gasteiger partial charge in [0, 0.05) is 46.2 Å². The molecule has 0 aromatic heterocycles. The van der Waals surface area contributed by atoms with Crippen molar-refractivity contribution in [2.75, 3.05) is 45.8 Å². The lowest BCUT2D eigenvalue weighted by atomic mass is 10.3. The minimum atomic E-state index is -0.285. The Kier molecular flexibility index (Phi) is 4.19. The highest BCUT2D eigenvalue weighted by atomic mass is 16.3. The molecular formula is C12H21N3O3. The molecule has 0 aromatic rings. The first-order valence-corrected chi connectivity index (χ1v) is 6.50. The van der Waals surface area contributed by atoms with Gasteiger partial charge in [0.1, 0.15) is 0 Å². The van der Waals surface area contributed by atoms with Crippen LogP contribution < -0.4 is 0 Å². The maximum Gasteiger partial charge on any atom is 0.236 e. The van der Waals surface area contributed by atoms with E-state index in [2.05, 4.69) is 0 Å². The third-order valence-corrected chi connectivity index (χ3v) is 3.68. The van der Waals surface area contributed by atoms with Gasteiger partial charge in [-0.1, -0.05) is 0 Å². The minimum absolute atomic E-state index is 0.0739. The van der Waals surface area contributed by atoms with Crippen molar-refractivity contribution in [3.63, 3.8) is 0 Å². The fraction of sp³-hybridized carbons (Fsp3) is 0.833. The number of piperazine rings is 1. The van der Waals surface area contributed by atoms with Crippen molar-refractivity contribution in [3.8, 4) is 0 Å². The number of β-amino-alcohol motifs (C(OH)–C–C–N with tert-alkyl or cyclic N) is 1. The van der Waals surface area contributed by atoms with Crippen molar-refractivity contribution < 1.29 is 14.7 Å². The molecule has 0 radical (unpaired) electrons. The van der Waals surface area contributed by atoms with Gasteiger partial charge in [-0.2, -0.15) is 0 Å². The molecule has 0 spiro atoms. The Bertz CT molecular complexity index is 327. The van der Waals surface area contributed by atoms with E-state index in [9.17, 15) is 14.7 Å². The molecule has 1 atom stereocenters. The standard InChI is InChI=1S/C12H21N3O3/c1-10(16)14-4-6-15(7-5-14)12(18)9-13-3-2-11(17)8-13/h11,17H,2-9H2,1H3/t11-/m1/s1. The summed E-state index contributed by atoms with van der Waals surface area (Å²) in [5.74, 6) is 0.178. The van der Waals surface area contributed by atoms with Crippen LogP contribution in [0.5, 0.6) is 0 Å². The summed E-state index contributed by atoms with van der Waals surface area (Å²) in [6, 6.07) is 0. The second-order valence-corrected chi connectivity index (χ2v) is 5.06. The highest BCUT2D eigenvalue weighted by Gasteiger charge is 2.26. The number of hydrogen-bond acceptors (Lipinski definition) is 4. The molecule has 6 nitrogen and oxygen atoms in total. The van der Waals surface area contributed by atoms with E-state index < -0.39 is 0 Å². The molecule has 18 heavy (non-hydrogen) atoms. The average molecular weight is 255 g/mol. The van der Waals surface area contributed by atoms with Gasteiger partial charge in [-0.3, -0.25) is 14.5 Å². The molecule has 2 heterocycles. The van der Waals surface area contributed by atoms with Crippen LogP contribution >= 0.6 is 0 Å². The summed E-state index contributed by atoms with van der Waals surface area (Å²) in [6.45, 7) is 5.83. The summed E-state index contributed by atoms with van der Waals surface area (Å²) < 4.78 is 0. The molecule has 2 saturated heterocycles. The third kappa shape index (κ3) is 3.20. The van der Waals surface area contributed by atoms with Crippen LogP contribution in [0.2, 0.25) is 0 Å². The van der Waals surface area contributed by atoms with E-state index in [0.29, 0.717) is 39.3 Å².